The van der Waals surface area contributed by atoms with Crippen LogP contribution in [-0.4, -0.2) is 43.1 Å². The highest BCUT2D eigenvalue weighted by atomic mass is 16.5. The molecule has 5 rings (SSSR count). The second-order valence-corrected chi connectivity index (χ2v) is 10.7. The Bertz CT molecular complexity index is 1210. The standard InChI is InChI=1S/C33H39N3O3/c1-25(27-10-4-2-5-11-27)34-32(37)31-15-9-8-14-30(31)28-18-16-26(17-19-28)24-36(29-12-6-3-7-13-29)33(38)35-20-22-39-23-21-35/h2-7,10-13,16-19,25,30-31H,8-9,14-15,20-24H2,1H3,(H,34,37)/t25-,30+,31-/m0/s1. The van der Waals surface area contributed by atoms with E-state index >= 15 is 0 Å². The number of hydrogen-bond donors (Lipinski definition) is 1. The van der Waals surface area contributed by atoms with Crippen molar-refractivity contribution in [3.05, 3.63) is 102 Å². The summed E-state index contributed by atoms with van der Waals surface area (Å²) in [7, 11) is 0. The number of anilines is 1. The number of hydrogen-bond acceptors (Lipinski definition) is 3. The lowest BCUT2D eigenvalue weighted by Crippen LogP contribution is -2.48. The first kappa shape index (κ1) is 26.9. The van der Waals surface area contributed by atoms with Gasteiger partial charge in [0.2, 0.25) is 5.91 Å². The summed E-state index contributed by atoms with van der Waals surface area (Å²) >= 11 is 0. The highest BCUT2D eigenvalue weighted by Gasteiger charge is 2.33. The van der Waals surface area contributed by atoms with E-state index in [2.05, 4.69) is 48.6 Å². The molecule has 1 N–H and O–H groups in total. The lowest BCUT2D eigenvalue weighted by molar-refractivity contribution is -0.127. The van der Waals surface area contributed by atoms with Gasteiger partial charge in [-0.05, 0) is 54.5 Å². The average molecular weight is 526 g/mol. The number of ether oxygens (including phenoxy) is 1. The van der Waals surface area contributed by atoms with Crippen LogP contribution in [0.5, 0.6) is 0 Å². The Morgan fingerprint density at radius 3 is 2.23 bits per heavy atom. The fraction of sp³-hybridized carbons (Fsp3) is 0.394. The van der Waals surface area contributed by atoms with E-state index in [0.717, 1.165) is 42.5 Å². The number of carbonyl (C=O) groups is 2. The third kappa shape index (κ3) is 6.69. The smallest absolute Gasteiger partial charge is 0.324 e. The number of nitrogens with zero attached hydrogens (tertiary/aromatic N) is 2. The van der Waals surface area contributed by atoms with Crippen LogP contribution in [-0.2, 0) is 16.1 Å². The molecular weight excluding hydrogens is 486 g/mol. The van der Waals surface area contributed by atoms with Crippen LogP contribution >= 0.6 is 0 Å². The van der Waals surface area contributed by atoms with Gasteiger partial charge in [0.15, 0.2) is 0 Å². The highest BCUT2D eigenvalue weighted by molar-refractivity contribution is 5.92. The third-order valence-corrected chi connectivity index (χ3v) is 8.09. The molecule has 3 aromatic rings. The minimum atomic E-state index is -0.0283. The summed E-state index contributed by atoms with van der Waals surface area (Å²) in [5.74, 6) is 0.321. The van der Waals surface area contributed by atoms with Crippen molar-refractivity contribution in [2.24, 2.45) is 5.92 Å². The first-order valence-electron chi connectivity index (χ1n) is 14.2. The molecule has 2 fully saturated rings. The van der Waals surface area contributed by atoms with Gasteiger partial charge in [-0.2, -0.15) is 0 Å². The largest absolute Gasteiger partial charge is 0.378 e. The van der Waals surface area contributed by atoms with Gasteiger partial charge in [0, 0.05) is 24.7 Å². The lowest BCUT2D eigenvalue weighted by atomic mass is 9.74. The van der Waals surface area contributed by atoms with Gasteiger partial charge < -0.3 is 15.0 Å². The maximum atomic E-state index is 13.5. The molecule has 1 saturated heterocycles. The van der Waals surface area contributed by atoms with Gasteiger partial charge in [-0.1, -0.05) is 85.6 Å². The zero-order chi connectivity index (χ0) is 27.0. The maximum Gasteiger partial charge on any atom is 0.324 e. The van der Waals surface area contributed by atoms with Crippen molar-refractivity contribution in [1.82, 2.24) is 10.2 Å². The molecule has 2 aliphatic rings. The molecule has 1 aliphatic heterocycles. The van der Waals surface area contributed by atoms with Gasteiger partial charge in [0.1, 0.15) is 0 Å². The van der Waals surface area contributed by atoms with Crippen LogP contribution in [0.25, 0.3) is 0 Å². The summed E-state index contributed by atoms with van der Waals surface area (Å²) in [5, 5.41) is 3.27. The minimum Gasteiger partial charge on any atom is -0.378 e. The maximum absolute atomic E-state index is 13.5. The quantitative estimate of drug-likeness (QED) is 0.394. The van der Waals surface area contributed by atoms with E-state index in [9.17, 15) is 9.59 Å². The Labute approximate surface area is 232 Å². The van der Waals surface area contributed by atoms with Crippen LogP contribution in [0.1, 0.15) is 61.3 Å². The Morgan fingerprint density at radius 1 is 0.897 bits per heavy atom. The Kier molecular flexibility index (Phi) is 8.94. The van der Waals surface area contributed by atoms with Crippen molar-refractivity contribution >= 4 is 17.6 Å². The highest BCUT2D eigenvalue weighted by Crippen LogP contribution is 2.38. The molecule has 0 unspecified atom stereocenters. The SMILES string of the molecule is C[C@H](NC(=O)[C@H]1CCCC[C@@H]1c1ccc(CN(C(=O)N2CCOCC2)c2ccccc2)cc1)c1ccccc1. The van der Waals surface area contributed by atoms with Gasteiger partial charge in [-0.15, -0.1) is 0 Å². The molecule has 3 atom stereocenters. The molecule has 0 aromatic heterocycles. The minimum absolute atomic E-state index is 0.00475. The fourth-order valence-electron chi connectivity index (χ4n) is 5.84. The van der Waals surface area contributed by atoms with E-state index in [4.69, 9.17) is 4.74 Å². The van der Waals surface area contributed by atoms with Crippen molar-refractivity contribution in [3.63, 3.8) is 0 Å². The van der Waals surface area contributed by atoms with E-state index in [1.54, 1.807) is 0 Å². The summed E-state index contributed by atoms with van der Waals surface area (Å²) < 4.78 is 5.45. The van der Waals surface area contributed by atoms with Crippen LogP contribution < -0.4 is 10.2 Å². The van der Waals surface area contributed by atoms with Crippen molar-refractivity contribution in [3.8, 4) is 0 Å². The van der Waals surface area contributed by atoms with E-state index in [1.165, 1.54) is 5.56 Å². The van der Waals surface area contributed by atoms with Gasteiger partial charge in [0.05, 0.1) is 25.8 Å². The zero-order valence-electron chi connectivity index (χ0n) is 22.8. The predicted octanol–water partition coefficient (Wildman–Crippen LogP) is 6.30. The van der Waals surface area contributed by atoms with Gasteiger partial charge >= 0.3 is 6.03 Å². The summed E-state index contributed by atoms with van der Waals surface area (Å²) in [6.07, 6.45) is 4.15. The third-order valence-electron chi connectivity index (χ3n) is 8.09. The first-order valence-corrected chi connectivity index (χ1v) is 14.2. The average Bonchev–Trinajstić information content (AvgIpc) is 3.01. The molecule has 3 amide bonds. The summed E-state index contributed by atoms with van der Waals surface area (Å²) in [5.41, 5.74) is 4.28. The summed E-state index contributed by atoms with van der Waals surface area (Å²) in [4.78, 5) is 30.6. The molecular formula is C33H39N3O3. The first-order chi connectivity index (χ1) is 19.1. The molecule has 1 saturated carbocycles. The zero-order valence-corrected chi connectivity index (χ0v) is 22.8. The molecule has 6 heteroatoms. The fourth-order valence-corrected chi connectivity index (χ4v) is 5.84. The molecule has 0 radical (unpaired) electrons. The van der Waals surface area contributed by atoms with Crippen molar-refractivity contribution in [2.45, 2.75) is 51.1 Å². The van der Waals surface area contributed by atoms with Crippen LogP contribution in [0.4, 0.5) is 10.5 Å². The Hall–Kier alpha value is -3.64. The van der Waals surface area contributed by atoms with Crippen molar-refractivity contribution < 1.29 is 14.3 Å². The van der Waals surface area contributed by atoms with Crippen LogP contribution in [0.2, 0.25) is 0 Å². The van der Waals surface area contributed by atoms with Crippen molar-refractivity contribution in [1.29, 1.82) is 0 Å². The molecule has 0 bridgehead atoms. The van der Waals surface area contributed by atoms with Crippen LogP contribution in [0.15, 0.2) is 84.9 Å². The number of rotatable bonds is 7. The molecule has 3 aromatic carbocycles. The summed E-state index contributed by atoms with van der Waals surface area (Å²) in [6.45, 7) is 4.90. The van der Waals surface area contributed by atoms with Gasteiger partial charge in [-0.25, -0.2) is 4.79 Å². The summed E-state index contributed by atoms with van der Waals surface area (Å²) in [6, 6.07) is 28.5. The second kappa shape index (κ2) is 12.9. The molecule has 1 aliphatic carbocycles. The van der Waals surface area contributed by atoms with Crippen LogP contribution in [0.3, 0.4) is 0 Å². The van der Waals surface area contributed by atoms with E-state index < -0.39 is 0 Å². The number of benzene rings is 3. The molecule has 6 nitrogen and oxygen atoms in total. The normalized spacial score (nSPS) is 20.2. The number of carbonyl (C=O) groups excluding carboxylic acids is 2. The van der Waals surface area contributed by atoms with Crippen LogP contribution in [0, 0.1) is 5.92 Å². The van der Waals surface area contributed by atoms with Gasteiger partial charge in [-0.3, -0.25) is 9.69 Å². The van der Waals surface area contributed by atoms with E-state index in [-0.39, 0.29) is 29.8 Å². The number of para-hydroxylation sites is 1. The van der Waals surface area contributed by atoms with Crippen molar-refractivity contribution in [2.75, 3.05) is 31.2 Å². The Balaban J connectivity index is 1.29. The topological polar surface area (TPSA) is 61.9 Å². The monoisotopic (exact) mass is 525 g/mol. The number of urea groups is 1. The second-order valence-electron chi connectivity index (χ2n) is 10.7. The molecule has 0 spiro atoms. The molecule has 1 heterocycles. The van der Waals surface area contributed by atoms with E-state index in [1.807, 2.05) is 58.3 Å². The lowest BCUT2D eigenvalue weighted by Gasteiger charge is -2.33. The molecule has 39 heavy (non-hydrogen) atoms. The Morgan fingerprint density at radius 2 is 1.54 bits per heavy atom. The number of morpholine rings is 1. The van der Waals surface area contributed by atoms with E-state index in [0.29, 0.717) is 32.8 Å². The number of amides is 3. The number of nitrogens with one attached hydrogen (secondary N) is 1. The van der Waals surface area contributed by atoms with Gasteiger partial charge in [0.25, 0.3) is 0 Å². The molecule has 204 valence electrons. The predicted molar refractivity (Wildman–Crippen MR) is 155 cm³/mol.